The summed E-state index contributed by atoms with van der Waals surface area (Å²) in [7, 11) is -3.74. The molecule has 0 fully saturated rings. The lowest BCUT2D eigenvalue weighted by Crippen LogP contribution is -2.32. The van der Waals surface area contributed by atoms with Crippen LogP contribution in [0.5, 0.6) is 0 Å². The predicted molar refractivity (Wildman–Crippen MR) is 146 cm³/mol. The number of benzene rings is 1. The summed E-state index contributed by atoms with van der Waals surface area (Å²) in [5, 5.41) is 0.861. The minimum Gasteiger partial charge on any atom is -0.302 e. The fraction of sp³-hybridized carbons (Fsp3) is 0.222. The van der Waals surface area contributed by atoms with E-state index in [1.54, 1.807) is 30.3 Å². The van der Waals surface area contributed by atoms with Gasteiger partial charge in [-0.1, -0.05) is 30.3 Å². The van der Waals surface area contributed by atoms with Gasteiger partial charge in [0.1, 0.15) is 16.3 Å². The lowest BCUT2D eigenvalue weighted by atomic mass is 10.2. The Morgan fingerprint density at radius 1 is 1.00 bits per heavy atom. The Balaban J connectivity index is 1.31. The van der Waals surface area contributed by atoms with Crippen LogP contribution in [-0.2, 0) is 16.4 Å². The molecule has 0 atom stereocenters. The Bertz CT molecular complexity index is 1690. The van der Waals surface area contributed by atoms with Gasteiger partial charge in [0.25, 0.3) is 5.91 Å². The van der Waals surface area contributed by atoms with Crippen LogP contribution < -0.4 is 4.72 Å². The normalized spacial score (nSPS) is 11.8. The van der Waals surface area contributed by atoms with Gasteiger partial charge >= 0.3 is 0 Å². The molecule has 5 rings (SSSR count). The molecule has 0 saturated heterocycles. The van der Waals surface area contributed by atoms with Crippen molar-refractivity contribution in [2.75, 3.05) is 11.5 Å². The Kier molecular flexibility index (Phi) is 7.03. The topological polar surface area (TPSA) is 97.8 Å². The van der Waals surface area contributed by atoms with E-state index in [9.17, 15) is 13.2 Å². The Hall–Kier alpha value is -3.63. The van der Waals surface area contributed by atoms with Gasteiger partial charge in [-0.25, -0.2) is 23.1 Å². The summed E-state index contributed by atoms with van der Waals surface area (Å²) in [6.07, 6.45) is 4.98. The number of thioether (sulfide) groups is 1. The van der Waals surface area contributed by atoms with Crippen LogP contribution in [-0.4, -0.2) is 44.6 Å². The number of sulfonamides is 1. The molecule has 190 valence electrons. The summed E-state index contributed by atoms with van der Waals surface area (Å²) in [6.45, 7) is 4.10. The van der Waals surface area contributed by atoms with Gasteiger partial charge in [-0.05, 0) is 56.2 Å². The molecule has 1 amide bonds. The molecule has 37 heavy (non-hydrogen) atoms. The third-order valence-electron chi connectivity index (χ3n) is 6.06. The zero-order chi connectivity index (χ0) is 26.0. The van der Waals surface area contributed by atoms with Crippen molar-refractivity contribution in [2.24, 2.45) is 0 Å². The van der Waals surface area contributed by atoms with E-state index >= 15 is 0 Å². The molecule has 1 N–H and O–H groups in total. The molecule has 5 aromatic rings. The number of hydrogen-bond acceptors (Lipinski definition) is 6. The third kappa shape index (κ3) is 5.55. The summed E-state index contributed by atoms with van der Waals surface area (Å²) < 4.78 is 31.3. The number of carbonyl (C=O) groups is 1. The fourth-order valence-electron chi connectivity index (χ4n) is 4.29. The molecule has 0 aliphatic rings. The second-order valence-corrected chi connectivity index (χ2v) is 11.8. The standard InChI is InChI=1S/C27H27N5O3S2/c1-19-12-13-25-29-27(36-14-7-15-37(34,35)30-26(33)21-9-4-3-5-10-21)23(31(25)18-19)16-22-17-28-24-11-6-8-20(2)32(22)24/h3-6,8-13,17-18H,7,14-16H2,1-2H3,(H,30,33). The molecule has 0 unspecified atom stereocenters. The largest absolute Gasteiger partial charge is 0.302 e. The van der Waals surface area contributed by atoms with E-state index in [-0.39, 0.29) is 5.75 Å². The monoisotopic (exact) mass is 533 g/mol. The SMILES string of the molecule is Cc1ccc2nc(SCCCS(=O)(=O)NC(=O)c3ccccc3)c(Cc3cnc4cccc(C)n34)n2c1. The van der Waals surface area contributed by atoms with Crippen LogP contribution in [0.25, 0.3) is 11.3 Å². The predicted octanol–water partition coefficient (Wildman–Crippen LogP) is 4.43. The minimum atomic E-state index is -3.74. The van der Waals surface area contributed by atoms with Gasteiger partial charge in [0.2, 0.25) is 10.0 Å². The third-order valence-corrected chi connectivity index (χ3v) is 8.47. The number of aryl methyl sites for hydroxylation is 2. The summed E-state index contributed by atoms with van der Waals surface area (Å²) in [5.41, 5.74) is 6.38. The summed E-state index contributed by atoms with van der Waals surface area (Å²) in [6, 6.07) is 18.4. The van der Waals surface area contributed by atoms with Gasteiger partial charge in [0.15, 0.2) is 0 Å². The second-order valence-electron chi connectivity index (χ2n) is 8.90. The molecule has 1 aromatic carbocycles. The first kappa shape index (κ1) is 25.0. The van der Waals surface area contributed by atoms with Crippen LogP contribution in [0.4, 0.5) is 0 Å². The number of carbonyl (C=O) groups excluding carboxylic acids is 1. The van der Waals surface area contributed by atoms with Crippen LogP contribution in [0.3, 0.4) is 0 Å². The number of nitrogens with zero attached hydrogens (tertiary/aromatic N) is 4. The number of hydrogen-bond donors (Lipinski definition) is 1. The highest BCUT2D eigenvalue weighted by molar-refractivity contribution is 7.99. The number of rotatable bonds is 9. The molecule has 0 radical (unpaired) electrons. The molecule has 10 heteroatoms. The fourth-order valence-corrected chi connectivity index (χ4v) is 6.47. The highest BCUT2D eigenvalue weighted by Gasteiger charge is 2.18. The van der Waals surface area contributed by atoms with E-state index in [1.807, 2.05) is 37.4 Å². The van der Waals surface area contributed by atoms with Crippen LogP contribution in [0.1, 0.15) is 39.4 Å². The van der Waals surface area contributed by atoms with Gasteiger partial charge in [-0.3, -0.25) is 4.79 Å². The number of aromatic nitrogens is 4. The average Bonchev–Trinajstić information content (AvgIpc) is 3.44. The number of nitrogens with one attached hydrogen (secondary N) is 1. The highest BCUT2D eigenvalue weighted by Crippen LogP contribution is 2.27. The maximum atomic E-state index is 12.5. The van der Waals surface area contributed by atoms with Crippen LogP contribution >= 0.6 is 11.8 Å². The van der Waals surface area contributed by atoms with Crippen LogP contribution in [0.2, 0.25) is 0 Å². The molecule has 0 saturated carbocycles. The quantitative estimate of drug-likeness (QED) is 0.222. The van der Waals surface area contributed by atoms with E-state index in [1.165, 1.54) is 11.8 Å². The smallest absolute Gasteiger partial charge is 0.264 e. The summed E-state index contributed by atoms with van der Waals surface area (Å²) in [4.78, 5) is 21.6. The van der Waals surface area contributed by atoms with Crippen molar-refractivity contribution in [3.8, 4) is 0 Å². The molecule has 0 spiro atoms. The molecule has 8 nitrogen and oxygen atoms in total. The number of imidazole rings is 2. The van der Waals surface area contributed by atoms with E-state index in [0.717, 1.165) is 39.0 Å². The van der Waals surface area contributed by atoms with Gasteiger partial charge < -0.3 is 8.80 Å². The Labute approximate surface area is 219 Å². The first-order valence-electron chi connectivity index (χ1n) is 11.9. The Morgan fingerprint density at radius 2 is 1.81 bits per heavy atom. The lowest BCUT2D eigenvalue weighted by Gasteiger charge is -2.09. The van der Waals surface area contributed by atoms with Gasteiger partial charge in [-0.2, -0.15) is 0 Å². The maximum absolute atomic E-state index is 12.5. The molecular weight excluding hydrogens is 506 g/mol. The number of pyridine rings is 2. The first-order valence-corrected chi connectivity index (χ1v) is 14.6. The first-order chi connectivity index (χ1) is 17.8. The number of fused-ring (bicyclic) bond motifs is 2. The van der Waals surface area contributed by atoms with Crippen molar-refractivity contribution >= 4 is 39.0 Å². The van der Waals surface area contributed by atoms with E-state index in [2.05, 4.69) is 37.7 Å². The van der Waals surface area contributed by atoms with E-state index in [4.69, 9.17) is 4.98 Å². The summed E-state index contributed by atoms with van der Waals surface area (Å²) >= 11 is 1.53. The molecule has 4 aromatic heterocycles. The van der Waals surface area contributed by atoms with Crippen LogP contribution in [0.15, 0.2) is 78.1 Å². The van der Waals surface area contributed by atoms with E-state index in [0.29, 0.717) is 24.2 Å². The molecule has 0 bridgehead atoms. The highest BCUT2D eigenvalue weighted by atomic mass is 32.2. The maximum Gasteiger partial charge on any atom is 0.264 e. The molecular formula is C27H27N5O3S2. The molecule has 0 aliphatic heterocycles. The Morgan fingerprint density at radius 3 is 2.62 bits per heavy atom. The molecule has 4 heterocycles. The van der Waals surface area contributed by atoms with Gasteiger partial charge in [0, 0.05) is 41.5 Å². The van der Waals surface area contributed by atoms with Crippen molar-refractivity contribution in [3.05, 3.63) is 101 Å². The molecule has 0 aliphatic carbocycles. The lowest BCUT2D eigenvalue weighted by molar-refractivity contribution is 0.0981. The zero-order valence-electron chi connectivity index (χ0n) is 20.6. The summed E-state index contributed by atoms with van der Waals surface area (Å²) in [5.74, 6) is -0.218. The zero-order valence-corrected chi connectivity index (χ0v) is 22.2. The minimum absolute atomic E-state index is 0.146. The van der Waals surface area contributed by atoms with Crippen molar-refractivity contribution in [2.45, 2.75) is 31.7 Å². The van der Waals surface area contributed by atoms with Gasteiger partial charge in [0.05, 0.1) is 11.4 Å². The van der Waals surface area contributed by atoms with E-state index < -0.39 is 15.9 Å². The van der Waals surface area contributed by atoms with Crippen LogP contribution in [0, 0.1) is 13.8 Å². The number of amides is 1. The van der Waals surface area contributed by atoms with Crippen molar-refractivity contribution in [1.29, 1.82) is 0 Å². The second kappa shape index (κ2) is 10.4. The van der Waals surface area contributed by atoms with Gasteiger partial charge in [-0.15, -0.1) is 11.8 Å². The van der Waals surface area contributed by atoms with Crippen molar-refractivity contribution in [1.82, 2.24) is 23.5 Å². The van der Waals surface area contributed by atoms with Crippen molar-refractivity contribution < 1.29 is 13.2 Å². The average molecular weight is 534 g/mol. The van der Waals surface area contributed by atoms with Crippen molar-refractivity contribution in [3.63, 3.8) is 0 Å².